The standard InChI is InChI=1S/C55H34N2O2/c1-2-13-35(14-3-1)36-25-29-39(30-26-36)57(40-31-27-37(28-32-40)47-33-38-15-4-5-16-41(38)42-17-6-7-18-43(42)47)50-23-12-21-46-53-45-20-9-8-19-44(45)48(34-52(53)58-54(46)50)55-56-49-22-10-11-24-51(49)59-55/h1-34H. The number of furan rings is 1. The van der Waals surface area contributed by atoms with Gasteiger partial charge in [-0.15, -0.1) is 0 Å². The Morgan fingerprint density at radius 3 is 1.73 bits per heavy atom. The van der Waals surface area contributed by atoms with Crippen molar-refractivity contribution in [2.24, 2.45) is 0 Å². The highest BCUT2D eigenvalue weighted by Crippen LogP contribution is 2.46. The molecule has 0 bridgehead atoms. The molecule has 0 atom stereocenters. The minimum Gasteiger partial charge on any atom is -0.454 e. The van der Waals surface area contributed by atoms with Gasteiger partial charge < -0.3 is 13.7 Å². The highest BCUT2D eigenvalue weighted by molar-refractivity contribution is 6.23. The number of fused-ring (bicyclic) bond motifs is 9. The Kier molecular flexibility index (Phi) is 7.50. The summed E-state index contributed by atoms with van der Waals surface area (Å²) in [7, 11) is 0. The van der Waals surface area contributed by atoms with Gasteiger partial charge >= 0.3 is 0 Å². The predicted octanol–water partition coefficient (Wildman–Crippen LogP) is 15.7. The molecule has 0 saturated heterocycles. The van der Waals surface area contributed by atoms with Crippen LogP contribution in [-0.4, -0.2) is 4.98 Å². The maximum Gasteiger partial charge on any atom is 0.228 e. The quantitative estimate of drug-likeness (QED) is 0.159. The third kappa shape index (κ3) is 5.42. The maximum absolute atomic E-state index is 7.02. The number of nitrogens with zero attached hydrogens (tertiary/aromatic N) is 2. The third-order valence-corrected chi connectivity index (χ3v) is 11.7. The first-order chi connectivity index (χ1) is 29.2. The summed E-state index contributed by atoms with van der Waals surface area (Å²) >= 11 is 0. The van der Waals surface area contributed by atoms with Gasteiger partial charge in [0.1, 0.15) is 11.1 Å². The molecule has 0 radical (unpaired) electrons. The van der Waals surface area contributed by atoms with Crippen LogP contribution in [0.1, 0.15) is 0 Å². The molecule has 2 heterocycles. The Bertz CT molecular complexity index is 3510. The van der Waals surface area contributed by atoms with Crippen molar-refractivity contribution in [3.8, 4) is 33.7 Å². The molecule has 2 aromatic heterocycles. The second-order valence-electron chi connectivity index (χ2n) is 15.1. The lowest BCUT2D eigenvalue weighted by molar-refractivity contribution is 0.620. The van der Waals surface area contributed by atoms with Crippen LogP contribution in [-0.2, 0) is 0 Å². The highest BCUT2D eigenvalue weighted by atomic mass is 16.3. The summed E-state index contributed by atoms with van der Waals surface area (Å²) in [5.41, 5.74) is 11.8. The van der Waals surface area contributed by atoms with Crippen LogP contribution in [0.2, 0.25) is 0 Å². The fourth-order valence-corrected chi connectivity index (χ4v) is 8.93. The molecular formula is C55H34N2O2. The molecule has 10 aromatic carbocycles. The summed E-state index contributed by atoms with van der Waals surface area (Å²) in [6, 6.07) is 72.9. The zero-order valence-corrected chi connectivity index (χ0v) is 31.8. The Hall–Kier alpha value is -7.95. The van der Waals surface area contributed by atoms with Gasteiger partial charge in [0.25, 0.3) is 0 Å². The summed E-state index contributed by atoms with van der Waals surface area (Å²) in [6.07, 6.45) is 0. The first-order valence-corrected chi connectivity index (χ1v) is 19.9. The average Bonchev–Trinajstić information content (AvgIpc) is 3.92. The molecule has 0 aliphatic rings. The summed E-state index contributed by atoms with van der Waals surface area (Å²) < 4.78 is 13.3. The van der Waals surface area contributed by atoms with Crippen LogP contribution in [0, 0.1) is 0 Å². The SMILES string of the molecule is c1ccc(-c2ccc(N(c3ccc(-c4cc5ccccc5c5ccccc45)cc3)c3cccc4c3oc3cc(-c5nc6ccccc6o5)c5ccccc5c34)cc2)cc1. The van der Waals surface area contributed by atoms with Gasteiger partial charge in [0.05, 0.1) is 5.69 Å². The molecule has 0 spiro atoms. The molecule has 0 unspecified atom stereocenters. The largest absolute Gasteiger partial charge is 0.454 e. The van der Waals surface area contributed by atoms with E-state index in [4.69, 9.17) is 13.8 Å². The van der Waals surface area contributed by atoms with Gasteiger partial charge in [-0.1, -0.05) is 152 Å². The van der Waals surface area contributed by atoms with E-state index >= 15 is 0 Å². The first kappa shape index (κ1) is 33.2. The van der Waals surface area contributed by atoms with Crippen molar-refractivity contribution in [3.63, 3.8) is 0 Å². The van der Waals surface area contributed by atoms with Crippen molar-refractivity contribution in [1.29, 1.82) is 0 Å². The van der Waals surface area contributed by atoms with Crippen LogP contribution >= 0.6 is 0 Å². The molecule has 12 aromatic rings. The van der Waals surface area contributed by atoms with E-state index in [0.717, 1.165) is 77.6 Å². The zero-order valence-electron chi connectivity index (χ0n) is 31.8. The molecule has 0 fully saturated rings. The summed E-state index contributed by atoms with van der Waals surface area (Å²) in [5.74, 6) is 0.574. The second-order valence-corrected chi connectivity index (χ2v) is 15.1. The molecule has 4 heteroatoms. The predicted molar refractivity (Wildman–Crippen MR) is 245 cm³/mol. The van der Waals surface area contributed by atoms with E-state index in [-0.39, 0.29) is 0 Å². The van der Waals surface area contributed by atoms with Crippen molar-refractivity contribution < 1.29 is 8.83 Å². The number of hydrogen-bond donors (Lipinski definition) is 0. The van der Waals surface area contributed by atoms with Crippen molar-refractivity contribution >= 4 is 82.4 Å². The number of benzene rings is 10. The van der Waals surface area contributed by atoms with Crippen molar-refractivity contribution in [2.45, 2.75) is 0 Å². The number of oxazole rings is 1. The summed E-state index contributed by atoms with van der Waals surface area (Å²) in [4.78, 5) is 7.20. The summed E-state index contributed by atoms with van der Waals surface area (Å²) in [5, 5.41) is 9.25. The highest BCUT2D eigenvalue weighted by Gasteiger charge is 2.23. The van der Waals surface area contributed by atoms with Crippen molar-refractivity contribution in [1.82, 2.24) is 4.98 Å². The first-order valence-electron chi connectivity index (χ1n) is 19.9. The molecule has 0 saturated carbocycles. The van der Waals surface area contributed by atoms with E-state index in [2.05, 4.69) is 187 Å². The van der Waals surface area contributed by atoms with E-state index in [1.807, 2.05) is 24.3 Å². The second kappa shape index (κ2) is 13.3. The van der Waals surface area contributed by atoms with E-state index in [9.17, 15) is 0 Å². The van der Waals surface area contributed by atoms with E-state index in [0.29, 0.717) is 5.89 Å². The zero-order chi connectivity index (χ0) is 38.9. The van der Waals surface area contributed by atoms with Gasteiger partial charge in [0, 0.05) is 27.7 Å². The molecule has 0 aliphatic carbocycles. The molecule has 0 amide bonds. The van der Waals surface area contributed by atoms with Crippen molar-refractivity contribution in [2.75, 3.05) is 4.90 Å². The normalized spacial score (nSPS) is 11.7. The van der Waals surface area contributed by atoms with Crippen LogP contribution in [0.3, 0.4) is 0 Å². The molecule has 59 heavy (non-hydrogen) atoms. The minimum atomic E-state index is 0.574. The third-order valence-electron chi connectivity index (χ3n) is 11.7. The van der Waals surface area contributed by atoms with Crippen LogP contribution in [0.15, 0.2) is 215 Å². The van der Waals surface area contributed by atoms with E-state index in [1.165, 1.54) is 32.7 Å². The van der Waals surface area contributed by atoms with E-state index < -0.39 is 0 Å². The monoisotopic (exact) mass is 754 g/mol. The van der Waals surface area contributed by atoms with Gasteiger partial charge in [-0.25, -0.2) is 4.98 Å². The number of anilines is 3. The van der Waals surface area contributed by atoms with Crippen LogP contribution in [0.5, 0.6) is 0 Å². The van der Waals surface area contributed by atoms with Gasteiger partial charge in [0.2, 0.25) is 5.89 Å². The molecule has 276 valence electrons. The molecule has 0 N–H and O–H groups in total. The van der Waals surface area contributed by atoms with Gasteiger partial charge in [-0.2, -0.15) is 0 Å². The fourth-order valence-electron chi connectivity index (χ4n) is 8.93. The number of aromatic nitrogens is 1. The Morgan fingerprint density at radius 1 is 0.373 bits per heavy atom. The Balaban J connectivity index is 1.05. The lowest BCUT2D eigenvalue weighted by atomic mass is 9.93. The molecule has 12 rings (SSSR count). The Morgan fingerprint density at radius 2 is 0.966 bits per heavy atom. The summed E-state index contributed by atoms with van der Waals surface area (Å²) in [6.45, 7) is 0. The molecule has 0 aliphatic heterocycles. The smallest absolute Gasteiger partial charge is 0.228 e. The maximum atomic E-state index is 7.02. The topological polar surface area (TPSA) is 42.4 Å². The van der Waals surface area contributed by atoms with Crippen LogP contribution in [0.25, 0.3) is 99.1 Å². The fraction of sp³-hybridized carbons (Fsp3) is 0. The average molecular weight is 755 g/mol. The lowest BCUT2D eigenvalue weighted by Crippen LogP contribution is -2.10. The van der Waals surface area contributed by atoms with E-state index in [1.54, 1.807) is 0 Å². The van der Waals surface area contributed by atoms with Crippen molar-refractivity contribution in [3.05, 3.63) is 206 Å². The number of para-hydroxylation sites is 3. The molecule has 4 nitrogen and oxygen atoms in total. The van der Waals surface area contributed by atoms with Gasteiger partial charge in [-0.05, 0) is 109 Å². The van der Waals surface area contributed by atoms with Crippen LogP contribution in [0.4, 0.5) is 17.1 Å². The Labute approximate surface area is 339 Å². The number of rotatable bonds is 6. The lowest BCUT2D eigenvalue weighted by Gasteiger charge is -2.26. The van der Waals surface area contributed by atoms with Gasteiger partial charge in [-0.3, -0.25) is 0 Å². The number of hydrogen-bond acceptors (Lipinski definition) is 4. The minimum absolute atomic E-state index is 0.574. The van der Waals surface area contributed by atoms with Gasteiger partial charge in [0.15, 0.2) is 11.2 Å². The van der Waals surface area contributed by atoms with Crippen LogP contribution < -0.4 is 4.90 Å². The molecular weight excluding hydrogens is 721 g/mol.